The van der Waals surface area contributed by atoms with Crippen LogP contribution in [0.1, 0.15) is 31.9 Å². The summed E-state index contributed by atoms with van der Waals surface area (Å²) in [5, 5.41) is 30.1. The van der Waals surface area contributed by atoms with Crippen molar-refractivity contribution in [1.82, 2.24) is 0 Å². The normalized spacial score (nSPS) is 16.7. The molecule has 0 fully saturated rings. The molecule has 0 spiro atoms. The fourth-order valence-corrected chi connectivity index (χ4v) is 10.3. The Labute approximate surface area is 294 Å². The molecule has 50 heavy (non-hydrogen) atoms. The van der Waals surface area contributed by atoms with E-state index in [4.69, 9.17) is 33.7 Å². The molecular weight excluding hydrogens is 681 g/mol. The van der Waals surface area contributed by atoms with E-state index in [0.29, 0.717) is 111 Å². The van der Waals surface area contributed by atoms with Crippen molar-refractivity contribution < 1.29 is 43.5 Å². The third-order valence-electron chi connectivity index (χ3n) is 9.85. The molecule has 0 saturated heterocycles. The van der Waals surface area contributed by atoms with Gasteiger partial charge in [-0.25, -0.2) is 4.79 Å². The molecule has 258 valence electrons. The van der Waals surface area contributed by atoms with Crippen LogP contribution in [0.2, 0.25) is 0 Å². The number of hydrogen-bond donors (Lipinski definition) is 2. The van der Waals surface area contributed by atoms with E-state index in [-0.39, 0.29) is 41.8 Å². The van der Waals surface area contributed by atoms with Crippen LogP contribution >= 0.6 is 23.5 Å². The highest BCUT2D eigenvalue weighted by Crippen LogP contribution is 2.60. The van der Waals surface area contributed by atoms with E-state index in [1.807, 2.05) is 6.92 Å². The summed E-state index contributed by atoms with van der Waals surface area (Å²) in [5.74, 6) is 1.41. The van der Waals surface area contributed by atoms with E-state index in [1.165, 1.54) is 32.9 Å². The number of allylic oxidation sites excluding steroid dienone is 2. The Morgan fingerprint density at radius 3 is 2.00 bits per heavy atom. The minimum atomic E-state index is -0.825. The van der Waals surface area contributed by atoms with Gasteiger partial charge in [0.05, 0.1) is 66.3 Å². The van der Waals surface area contributed by atoms with Crippen molar-refractivity contribution in [3.05, 3.63) is 27.4 Å². The largest absolute Gasteiger partial charge is 0.504 e. The Bertz CT molecular complexity index is 2540. The zero-order valence-corrected chi connectivity index (χ0v) is 30.2. The maximum atomic E-state index is 13.7. The molecule has 1 aliphatic carbocycles. The molecule has 0 radical (unpaired) electrons. The topological polar surface area (TPSA) is 145 Å². The van der Waals surface area contributed by atoms with Crippen LogP contribution in [0.4, 0.5) is 0 Å². The third-order valence-corrected chi connectivity index (χ3v) is 12.1. The smallest absolute Gasteiger partial charge is 0.331 e. The molecule has 1 atom stereocenters. The van der Waals surface area contributed by atoms with Gasteiger partial charge in [-0.05, 0) is 32.6 Å². The van der Waals surface area contributed by atoms with Gasteiger partial charge in [-0.1, -0.05) is 5.57 Å². The molecule has 5 aromatic carbocycles. The first-order chi connectivity index (χ1) is 24.1. The predicted octanol–water partition coefficient (Wildman–Crippen LogP) is 5.48. The van der Waals surface area contributed by atoms with Crippen LogP contribution in [0.15, 0.2) is 25.3 Å². The number of benzene rings is 5. The fourth-order valence-electron chi connectivity index (χ4n) is 8.16. The van der Waals surface area contributed by atoms with E-state index in [0.717, 1.165) is 4.90 Å². The second kappa shape index (κ2) is 11.7. The predicted molar refractivity (Wildman–Crippen MR) is 193 cm³/mol. The summed E-state index contributed by atoms with van der Waals surface area (Å²) >= 11 is 2.97. The average Bonchev–Trinajstić information content (AvgIpc) is 3.24. The van der Waals surface area contributed by atoms with E-state index < -0.39 is 12.0 Å². The number of phenolic OH excluding ortho intramolecular Hbond substituents is 2. The van der Waals surface area contributed by atoms with Gasteiger partial charge in [0.1, 0.15) is 11.5 Å². The van der Waals surface area contributed by atoms with Gasteiger partial charge in [-0.2, -0.15) is 0 Å². The number of Topliss-reactive ketones (excluding diaryl/α,β-unsaturated/α-hetero) is 1. The minimum absolute atomic E-state index is 0.133. The summed E-state index contributed by atoms with van der Waals surface area (Å²) in [5.41, 5.74) is 2.17. The molecule has 1 unspecified atom stereocenters. The van der Waals surface area contributed by atoms with E-state index >= 15 is 0 Å². The van der Waals surface area contributed by atoms with E-state index in [1.54, 1.807) is 32.9 Å². The number of phenols is 2. The molecule has 2 heterocycles. The lowest BCUT2D eigenvalue weighted by Gasteiger charge is -2.28. The highest BCUT2D eigenvalue weighted by molar-refractivity contribution is 7.99. The molecule has 5 aromatic rings. The monoisotopic (exact) mass is 714 g/mol. The number of carbonyl (C=O) groups excluding carboxylic acids is 2. The van der Waals surface area contributed by atoms with Crippen molar-refractivity contribution in [2.24, 2.45) is 9.98 Å². The molecule has 0 amide bonds. The maximum absolute atomic E-state index is 13.7. The van der Waals surface area contributed by atoms with Gasteiger partial charge in [0.15, 0.2) is 34.8 Å². The lowest BCUT2D eigenvalue weighted by atomic mass is 9.82. The van der Waals surface area contributed by atoms with Gasteiger partial charge >= 0.3 is 5.97 Å². The number of hydrogen-bond acceptors (Lipinski definition) is 13. The summed E-state index contributed by atoms with van der Waals surface area (Å²) in [4.78, 5) is 38.0. The molecular formula is C37H34N2O9S2. The number of esters is 1. The van der Waals surface area contributed by atoms with Crippen molar-refractivity contribution in [3.63, 3.8) is 0 Å². The van der Waals surface area contributed by atoms with Gasteiger partial charge in [0.2, 0.25) is 0 Å². The van der Waals surface area contributed by atoms with Crippen molar-refractivity contribution in [2.45, 2.75) is 43.0 Å². The van der Waals surface area contributed by atoms with Gasteiger partial charge in [0, 0.05) is 61.7 Å². The van der Waals surface area contributed by atoms with Crippen LogP contribution in [0, 0.1) is 0 Å². The standard InChI is InChI=1S/C37H34N2O9S2/c1-8-48-37(43)16-12-50-36-28(39-16)26-20-18-15(31(44-4)29(26)41)11-13(2)17(14(3)40)22-19(18)21-24(23(20)34(36)47-7)33(46-6)35-27(38-9-10-49-35)25(21)30(42)32(22)45-5/h16,41-42H,8-12H2,1-7H3. The van der Waals surface area contributed by atoms with E-state index in [2.05, 4.69) is 0 Å². The lowest BCUT2D eigenvalue weighted by molar-refractivity contribution is -0.144. The molecule has 0 aromatic heterocycles. The van der Waals surface area contributed by atoms with Gasteiger partial charge in [-0.3, -0.25) is 14.8 Å². The fraction of sp³-hybridized carbons (Fsp3) is 0.351. The lowest BCUT2D eigenvalue weighted by Crippen LogP contribution is -2.31. The first-order valence-corrected chi connectivity index (χ1v) is 18.1. The van der Waals surface area contributed by atoms with Crippen LogP contribution < -0.4 is 29.7 Å². The second-order valence-electron chi connectivity index (χ2n) is 12.4. The first kappa shape index (κ1) is 32.6. The summed E-state index contributed by atoms with van der Waals surface area (Å²) in [6.45, 7) is 5.83. The van der Waals surface area contributed by atoms with Crippen molar-refractivity contribution in [2.75, 3.05) is 53.1 Å². The Balaban J connectivity index is 1.82. The SMILES string of the molecule is CCOC(=O)C1CSc2c(OC)c3c4c(OC)c5c(c6c(O)c(OC)c7c(c8c(c(OC)c(O)c(c2=N1)c83)CC(C)=C7C(C)=O)c64)=NCCS5. The Morgan fingerprint density at radius 2 is 1.38 bits per heavy atom. The third kappa shape index (κ3) is 4.07. The van der Waals surface area contributed by atoms with Crippen LogP contribution in [-0.2, 0) is 20.7 Å². The average molecular weight is 715 g/mol. The zero-order valence-electron chi connectivity index (χ0n) is 28.6. The quantitative estimate of drug-likeness (QED) is 0.126. The number of rotatable bonds is 7. The molecule has 13 heteroatoms. The summed E-state index contributed by atoms with van der Waals surface area (Å²) in [6.07, 6.45) is 0.241. The molecule has 2 aliphatic heterocycles. The van der Waals surface area contributed by atoms with Gasteiger partial charge < -0.3 is 33.9 Å². The first-order valence-electron chi connectivity index (χ1n) is 16.2. The van der Waals surface area contributed by atoms with Gasteiger partial charge in [0.25, 0.3) is 0 Å². The number of carbonyl (C=O) groups is 2. The number of nitrogens with zero attached hydrogens (tertiary/aromatic N) is 2. The number of aromatic hydroxyl groups is 2. The maximum Gasteiger partial charge on any atom is 0.331 e. The van der Waals surface area contributed by atoms with Crippen LogP contribution in [-0.4, -0.2) is 81.1 Å². The molecule has 8 rings (SSSR count). The molecule has 11 nitrogen and oxygen atoms in total. The molecule has 0 saturated carbocycles. The number of fused-ring (bicyclic) bond motifs is 5. The Hall–Kier alpha value is -4.62. The highest BCUT2D eigenvalue weighted by atomic mass is 32.2. The van der Waals surface area contributed by atoms with Crippen molar-refractivity contribution in [3.8, 4) is 34.5 Å². The van der Waals surface area contributed by atoms with Gasteiger partial charge in [-0.15, -0.1) is 23.5 Å². The molecule has 0 bridgehead atoms. The molecule has 3 aliphatic rings. The summed E-state index contributed by atoms with van der Waals surface area (Å²) < 4.78 is 30.0. The summed E-state index contributed by atoms with van der Waals surface area (Å²) in [6, 6.07) is -0.825. The number of methoxy groups -OCH3 is 4. The number of ketones is 1. The molecule has 2 N–H and O–H groups in total. The Kier molecular flexibility index (Phi) is 7.64. The zero-order chi connectivity index (χ0) is 35.3. The Morgan fingerprint density at radius 1 is 0.780 bits per heavy atom. The van der Waals surface area contributed by atoms with Crippen molar-refractivity contribution in [1.29, 1.82) is 0 Å². The van der Waals surface area contributed by atoms with Crippen molar-refractivity contribution >= 4 is 83.9 Å². The second-order valence-corrected chi connectivity index (χ2v) is 14.5. The number of thioether (sulfide) groups is 2. The van der Waals surface area contributed by atoms with Crippen LogP contribution in [0.5, 0.6) is 34.5 Å². The van der Waals surface area contributed by atoms with E-state index in [9.17, 15) is 19.8 Å². The van der Waals surface area contributed by atoms with Crippen LogP contribution in [0.25, 0.3) is 48.7 Å². The van der Waals surface area contributed by atoms with Crippen LogP contribution in [0.3, 0.4) is 0 Å². The summed E-state index contributed by atoms with van der Waals surface area (Å²) in [7, 11) is 6.14. The number of ether oxygens (including phenoxy) is 5. The minimum Gasteiger partial charge on any atom is -0.504 e. The highest BCUT2D eigenvalue weighted by Gasteiger charge is 2.39.